The molecule has 0 spiro atoms. The van der Waals surface area contributed by atoms with Crippen molar-refractivity contribution in [3.63, 3.8) is 0 Å². The molecule has 0 radical (unpaired) electrons. The van der Waals surface area contributed by atoms with Gasteiger partial charge in [-0.3, -0.25) is 0 Å². The Hall–Kier alpha value is -0.580. The van der Waals surface area contributed by atoms with Crippen LogP contribution in [0.3, 0.4) is 0 Å². The van der Waals surface area contributed by atoms with E-state index in [1.807, 2.05) is 24.3 Å². The lowest BCUT2D eigenvalue weighted by atomic mass is 10.2. The monoisotopic (exact) mass is 300 g/mol. The molecule has 17 heavy (non-hydrogen) atoms. The summed E-state index contributed by atoms with van der Waals surface area (Å²) in [4.78, 5) is 0. The highest BCUT2D eigenvalue weighted by atomic mass is 79.9. The van der Waals surface area contributed by atoms with E-state index in [1.165, 1.54) is 6.42 Å². The lowest BCUT2D eigenvalue weighted by Crippen LogP contribution is -2.24. The van der Waals surface area contributed by atoms with Crippen molar-refractivity contribution in [2.75, 3.05) is 19.8 Å². The highest BCUT2D eigenvalue weighted by molar-refractivity contribution is 9.10. The Bertz CT molecular complexity index is 337. The van der Waals surface area contributed by atoms with Crippen molar-refractivity contribution < 1.29 is 14.2 Å². The van der Waals surface area contributed by atoms with E-state index in [9.17, 15) is 0 Å². The molecule has 0 aromatic heterocycles. The minimum Gasteiger partial charge on any atom is -0.491 e. The van der Waals surface area contributed by atoms with Crippen LogP contribution in [-0.4, -0.2) is 26.1 Å². The first-order valence-corrected chi connectivity index (χ1v) is 6.75. The third-order valence-electron chi connectivity index (χ3n) is 2.59. The molecule has 1 saturated heterocycles. The molecule has 0 unspecified atom stereocenters. The molecule has 1 aliphatic rings. The van der Waals surface area contributed by atoms with Crippen LogP contribution in [0.1, 0.15) is 19.3 Å². The lowest BCUT2D eigenvalue weighted by molar-refractivity contribution is -0.165. The molecule has 1 atom stereocenters. The molecule has 1 heterocycles. The van der Waals surface area contributed by atoms with Crippen LogP contribution in [0.15, 0.2) is 28.7 Å². The minimum absolute atomic E-state index is 0.0325. The van der Waals surface area contributed by atoms with Crippen molar-refractivity contribution in [1.29, 1.82) is 0 Å². The van der Waals surface area contributed by atoms with Gasteiger partial charge in [-0.1, -0.05) is 22.0 Å². The summed E-state index contributed by atoms with van der Waals surface area (Å²) in [5.74, 6) is 0.854. The Morgan fingerprint density at radius 3 is 3.00 bits per heavy atom. The van der Waals surface area contributed by atoms with Gasteiger partial charge in [-0.05, 0) is 37.5 Å². The number of hydrogen-bond donors (Lipinski definition) is 0. The maximum atomic E-state index is 5.58. The van der Waals surface area contributed by atoms with Gasteiger partial charge in [-0.15, -0.1) is 0 Å². The molecule has 1 fully saturated rings. The second kappa shape index (κ2) is 6.99. The highest BCUT2D eigenvalue weighted by Crippen LogP contribution is 2.18. The van der Waals surface area contributed by atoms with E-state index in [1.54, 1.807) is 0 Å². The van der Waals surface area contributed by atoms with Crippen LogP contribution in [0.25, 0.3) is 0 Å². The molecular formula is C13H17BrO3. The van der Waals surface area contributed by atoms with Crippen LogP contribution in [0.4, 0.5) is 0 Å². The maximum absolute atomic E-state index is 5.58. The predicted molar refractivity (Wildman–Crippen MR) is 69.2 cm³/mol. The van der Waals surface area contributed by atoms with Gasteiger partial charge < -0.3 is 14.2 Å². The first-order valence-electron chi connectivity index (χ1n) is 5.96. The Morgan fingerprint density at radius 2 is 2.24 bits per heavy atom. The molecule has 94 valence electrons. The fourth-order valence-electron chi connectivity index (χ4n) is 1.74. The summed E-state index contributed by atoms with van der Waals surface area (Å²) >= 11 is 3.40. The number of ether oxygens (including phenoxy) is 3. The normalized spacial score (nSPS) is 20.2. The molecule has 0 bridgehead atoms. The van der Waals surface area contributed by atoms with Crippen LogP contribution in [-0.2, 0) is 9.47 Å². The van der Waals surface area contributed by atoms with Crippen molar-refractivity contribution in [3.8, 4) is 5.75 Å². The van der Waals surface area contributed by atoms with Gasteiger partial charge >= 0.3 is 0 Å². The van der Waals surface area contributed by atoms with Crippen LogP contribution in [0.5, 0.6) is 5.75 Å². The molecule has 0 aliphatic carbocycles. The molecule has 0 N–H and O–H groups in total. The van der Waals surface area contributed by atoms with Crippen LogP contribution in [0.2, 0.25) is 0 Å². The van der Waals surface area contributed by atoms with E-state index in [0.29, 0.717) is 13.2 Å². The molecule has 4 heteroatoms. The summed E-state index contributed by atoms with van der Waals surface area (Å²) in [7, 11) is 0. The van der Waals surface area contributed by atoms with E-state index in [2.05, 4.69) is 15.9 Å². The van der Waals surface area contributed by atoms with Crippen molar-refractivity contribution in [3.05, 3.63) is 28.7 Å². The first kappa shape index (κ1) is 12.9. The Kier molecular flexibility index (Phi) is 5.29. The van der Waals surface area contributed by atoms with Gasteiger partial charge in [0.25, 0.3) is 0 Å². The molecule has 0 amide bonds. The third-order valence-corrected chi connectivity index (χ3v) is 3.08. The van der Waals surface area contributed by atoms with Crippen LogP contribution < -0.4 is 4.74 Å². The number of hydrogen-bond acceptors (Lipinski definition) is 3. The maximum Gasteiger partial charge on any atom is 0.157 e. The molecule has 2 rings (SSSR count). The average molecular weight is 301 g/mol. The molecule has 1 aliphatic heterocycles. The zero-order valence-electron chi connectivity index (χ0n) is 9.73. The van der Waals surface area contributed by atoms with Gasteiger partial charge in [0.15, 0.2) is 6.29 Å². The first-order chi connectivity index (χ1) is 8.34. The van der Waals surface area contributed by atoms with E-state index in [4.69, 9.17) is 14.2 Å². The van der Waals surface area contributed by atoms with Crippen molar-refractivity contribution >= 4 is 15.9 Å². The second-order valence-corrected chi connectivity index (χ2v) is 4.89. The zero-order chi connectivity index (χ0) is 11.9. The summed E-state index contributed by atoms with van der Waals surface area (Å²) < 4.78 is 17.6. The number of halogens is 1. The standard InChI is InChI=1S/C13H17BrO3/c14-11-4-3-5-12(10-11)15-8-9-17-13-6-1-2-7-16-13/h3-5,10,13H,1-2,6-9H2/t13-/m0/s1. The fraction of sp³-hybridized carbons (Fsp3) is 0.538. The fourth-order valence-corrected chi connectivity index (χ4v) is 2.12. The van der Waals surface area contributed by atoms with Gasteiger partial charge in [0.2, 0.25) is 0 Å². The SMILES string of the molecule is Brc1cccc(OCCO[C@H]2CCCCO2)c1. The Balaban J connectivity index is 1.62. The summed E-state index contributed by atoms with van der Waals surface area (Å²) in [6.45, 7) is 1.94. The highest BCUT2D eigenvalue weighted by Gasteiger charge is 2.13. The zero-order valence-corrected chi connectivity index (χ0v) is 11.3. The number of benzene rings is 1. The Morgan fingerprint density at radius 1 is 1.29 bits per heavy atom. The van der Waals surface area contributed by atoms with Crippen molar-refractivity contribution in [2.45, 2.75) is 25.6 Å². The van der Waals surface area contributed by atoms with Crippen LogP contribution >= 0.6 is 15.9 Å². The van der Waals surface area contributed by atoms with E-state index in [-0.39, 0.29) is 6.29 Å². The van der Waals surface area contributed by atoms with E-state index >= 15 is 0 Å². The van der Waals surface area contributed by atoms with Crippen molar-refractivity contribution in [1.82, 2.24) is 0 Å². The molecule has 1 aromatic rings. The Labute approximate surface area is 110 Å². The van der Waals surface area contributed by atoms with E-state index in [0.717, 1.165) is 29.7 Å². The topological polar surface area (TPSA) is 27.7 Å². The van der Waals surface area contributed by atoms with E-state index < -0.39 is 0 Å². The van der Waals surface area contributed by atoms with Crippen molar-refractivity contribution in [2.24, 2.45) is 0 Å². The van der Waals surface area contributed by atoms with Gasteiger partial charge in [-0.2, -0.15) is 0 Å². The summed E-state index contributed by atoms with van der Waals surface area (Å²) in [5.41, 5.74) is 0. The minimum atomic E-state index is -0.0325. The van der Waals surface area contributed by atoms with Gasteiger partial charge in [0.1, 0.15) is 12.4 Å². The smallest absolute Gasteiger partial charge is 0.157 e. The number of rotatable bonds is 5. The quantitative estimate of drug-likeness (QED) is 0.780. The molecule has 3 nitrogen and oxygen atoms in total. The van der Waals surface area contributed by atoms with Gasteiger partial charge in [0, 0.05) is 11.1 Å². The summed E-state index contributed by atoms with van der Waals surface area (Å²) in [5, 5.41) is 0. The summed E-state index contributed by atoms with van der Waals surface area (Å²) in [6, 6.07) is 7.79. The largest absolute Gasteiger partial charge is 0.491 e. The lowest BCUT2D eigenvalue weighted by Gasteiger charge is -2.22. The predicted octanol–water partition coefficient (Wildman–Crippen LogP) is 3.37. The van der Waals surface area contributed by atoms with Gasteiger partial charge in [0.05, 0.1) is 6.61 Å². The summed E-state index contributed by atoms with van der Waals surface area (Å²) in [6.07, 6.45) is 3.30. The molecular weight excluding hydrogens is 284 g/mol. The third kappa shape index (κ3) is 4.66. The van der Waals surface area contributed by atoms with Gasteiger partial charge in [-0.25, -0.2) is 0 Å². The van der Waals surface area contributed by atoms with Crippen LogP contribution in [0, 0.1) is 0 Å². The average Bonchev–Trinajstić information content (AvgIpc) is 2.36. The second-order valence-electron chi connectivity index (χ2n) is 3.97. The molecule has 0 saturated carbocycles. The molecule has 1 aromatic carbocycles.